The summed E-state index contributed by atoms with van der Waals surface area (Å²) >= 11 is 0. The van der Waals surface area contributed by atoms with E-state index in [9.17, 15) is 4.79 Å². The number of hydrogen-bond acceptors (Lipinski definition) is 6. The van der Waals surface area contributed by atoms with Gasteiger partial charge in [0.25, 0.3) is 5.91 Å². The summed E-state index contributed by atoms with van der Waals surface area (Å²) in [7, 11) is 3.76. The maximum atomic E-state index is 12.6. The first kappa shape index (κ1) is 22.8. The first-order chi connectivity index (χ1) is 16.0. The van der Waals surface area contributed by atoms with Gasteiger partial charge in [-0.15, -0.1) is 0 Å². The zero-order chi connectivity index (χ0) is 23.2. The Morgan fingerprint density at radius 2 is 1.76 bits per heavy atom. The number of carbonyl (C=O) groups excluding carboxylic acids is 1. The highest BCUT2D eigenvalue weighted by molar-refractivity contribution is 6.04. The number of aryl methyl sites for hydroxylation is 1. The number of pyridine rings is 1. The molecule has 0 spiro atoms. The van der Waals surface area contributed by atoms with Gasteiger partial charge in [-0.2, -0.15) is 0 Å². The van der Waals surface area contributed by atoms with Gasteiger partial charge in [0, 0.05) is 44.4 Å². The molecule has 0 unspecified atom stereocenters. The molecule has 1 aromatic heterocycles. The predicted molar refractivity (Wildman–Crippen MR) is 129 cm³/mol. The lowest BCUT2D eigenvalue weighted by molar-refractivity contribution is 0.102. The molecule has 172 valence electrons. The number of nitrogens with zero attached hydrogens (tertiary/aromatic N) is 3. The second kappa shape index (κ2) is 10.5. The van der Waals surface area contributed by atoms with Gasteiger partial charge in [0.1, 0.15) is 0 Å². The second-order valence-corrected chi connectivity index (χ2v) is 8.37. The molecule has 33 heavy (non-hydrogen) atoms. The van der Waals surface area contributed by atoms with E-state index in [2.05, 4.69) is 27.1 Å². The fourth-order valence-electron chi connectivity index (χ4n) is 3.72. The van der Waals surface area contributed by atoms with Gasteiger partial charge in [0.05, 0.1) is 19.0 Å². The first-order valence-corrected chi connectivity index (χ1v) is 11.1. The van der Waals surface area contributed by atoms with Gasteiger partial charge in [0.2, 0.25) is 5.88 Å². The third-order valence-corrected chi connectivity index (χ3v) is 5.75. The van der Waals surface area contributed by atoms with Crippen LogP contribution in [0.1, 0.15) is 21.5 Å². The Labute approximate surface area is 195 Å². The van der Waals surface area contributed by atoms with Crippen molar-refractivity contribution >= 4 is 11.6 Å². The summed E-state index contributed by atoms with van der Waals surface area (Å²) in [5.74, 6) is 1.48. The van der Waals surface area contributed by atoms with Crippen LogP contribution in [0, 0.1) is 6.92 Å². The van der Waals surface area contributed by atoms with Gasteiger partial charge < -0.3 is 19.7 Å². The molecule has 2 heterocycles. The number of piperazine rings is 1. The van der Waals surface area contributed by atoms with Crippen molar-refractivity contribution in [2.45, 2.75) is 13.5 Å². The maximum Gasteiger partial charge on any atom is 0.255 e. The van der Waals surface area contributed by atoms with Crippen LogP contribution in [0.15, 0.2) is 60.8 Å². The molecule has 1 fully saturated rings. The number of likely N-dealkylation sites (N-methyl/N-ethyl adjacent to an activating group) is 1. The van der Waals surface area contributed by atoms with Crippen molar-refractivity contribution in [3.8, 4) is 17.4 Å². The molecule has 1 aliphatic rings. The Bertz CT molecular complexity index is 1080. The van der Waals surface area contributed by atoms with E-state index in [0.717, 1.165) is 38.3 Å². The number of anilines is 1. The average molecular weight is 447 g/mol. The van der Waals surface area contributed by atoms with E-state index >= 15 is 0 Å². The Morgan fingerprint density at radius 3 is 2.42 bits per heavy atom. The number of amides is 1. The lowest BCUT2D eigenvalue weighted by Crippen LogP contribution is -2.43. The van der Waals surface area contributed by atoms with Crippen molar-refractivity contribution in [3.05, 3.63) is 77.5 Å². The summed E-state index contributed by atoms with van der Waals surface area (Å²) in [5.41, 5.74) is 3.51. The van der Waals surface area contributed by atoms with E-state index in [1.165, 1.54) is 5.56 Å². The monoisotopic (exact) mass is 446 g/mol. The fraction of sp³-hybridized carbons (Fsp3) is 0.308. The molecular formula is C26H30N4O3. The molecule has 0 atom stereocenters. The molecule has 0 bridgehead atoms. The smallest absolute Gasteiger partial charge is 0.255 e. The Hall–Kier alpha value is -3.42. The lowest BCUT2D eigenvalue weighted by atomic mass is 10.1. The summed E-state index contributed by atoms with van der Waals surface area (Å²) in [4.78, 5) is 21.7. The van der Waals surface area contributed by atoms with Gasteiger partial charge in [-0.1, -0.05) is 18.2 Å². The van der Waals surface area contributed by atoms with E-state index in [4.69, 9.17) is 9.47 Å². The normalized spacial score (nSPS) is 14.6. The summed E-state index contributed by atoms with van der Waals surface area (Å²) in [6, 6.07) is 17.0. The van der Waals surface area contributed by atoms with E-state index in [0.29, 0.717) is 28.6 Å². The molecule has 2 aromatic carbocycles. The molecule has 1 amide bonds. The van der Waals surface area contributed by atoms with Crippen molar-refractivity contribution in [2.75, 3.05) is 45.7 Å². The number of nitrogens with one attached hydrogen (secondary N) is 1. The number of ether oxygens (including phenoxy) is 2. The number of hydrogen-bond donors (Lipinski definition) is 1. The highest BCUT2D eigenvalue weighted by atomic mass is 16.5. The molecule has 1 aliphatic heterocycles. The Kier molecular flexibility index (Phi) is 7.22. The molecule has 0 saturated carbocycles. The molecule has 4 rings (SSSR count). The number of methoxy groups -OCH3 is 1. The zero-order valence-electron chi connectivity index (χ0n) is 19.4. The van der Waals surface area contributed by atoms with Gasteiger partial charge in [0.15, 0.2) is 11.5 Å². The third kappa shape index (κ3) is 6.09. The average Bonchev–Trinajstić information content (AvgIpc) is 2.83. The summed E-state index contributed by atoms with van der Waals surface area (Å²) < 4.78 is 11.2. The predicted octanol–water partition coefficient (Wildman–Crippen LogP) is 4.19. The highest BCUT2D eigenvalue weighted by Gasteiger charge is 2.14. The molecule has 1 saturated heterocycles. The van der Waals surface area contributed by atoms with E-state index < -0.39 is 0 Å². The number of carbonyl (C=O) groups is 1. The standard InChI is InChI=1S/C26H30N4O3/c1-19-4-10-23(24(16-19)32-3)33-25-11-9-22(17-27-25)28-26(31)21-7-5-20(6-8-21)18-30-14-12-29(2)13-15-30/h4-11,16-17H,12-15,18H2,1-3H3,(H,28,31). The molecule has 0 aliphatic carbocycles. The minimum Gasteiger partial charge on any atom is -0.493 e. The van der Waals surface area contributed by atoms with Crippen LogP contribution < -0.4 is 14.8 Å². The van der Waals surface area contributed by atoms with Crippen molar-refractivity contribution in [2.24, 2.45) is 0 Å². The lowest BCUT2D eigenvalue weighted by Gasteiger charge is -2.32. The van der Waals surface area contributed by atoms with Gasteiger partial charge in [-0.3, -0.25) is 9.69 Å². The van der Waals surface area contributed by atoms with Crippen LogP contribution in [0.25, 0.3) is 0 Å². The van der Waals surface area contributed by atoms with Crippen LogP contribution in [-0.2, 0) is 6.54 Å². The van der Waals surface area contributed by atoms with Gasteiger partial charge >= 0.3 is 0 Å². The highest BCUT2D eigenvalue weighted by Crippen LogP contribution is 2.31. The fourth-order valence-corrected chi connectivity index (χ4v) is 3.72. The van der Waals surface area contributed by atoms with Crippen molar-refractivity contribution < 1.29 is 14.3 Å². The van der Waals surface area contributed by atoms with Crippen LogP contribution in [0.4, 0.5) is 5.69 Å². The van der Waals surface area contributed by atoms with Crippen LogP contribution in [0.2, 0.25) is 0 Å². The number of benzene rings is 2. The van der Waals surface area contributed by atoms with Crippen molar-refractivity contribution in [1.82, 2.24) is 14.8 Å². The van der Waals surface area contributed by atoms with Crippen LogP contribution in [-0.4, -0.2) is 61.0 Å². The first-order valence-electron chi connectivity index (χ1n) is 11.1. The molecular weight excluding hydrogens is 416 g/mol. The Morgan fingerprint density at radius 1 is 1.00 bits per heavy atom. The number of aromatic nitrogens is 1. The van der Waals surface area contributed by atoms with Gasteiger partial charge in [-0.25, -0.2) is 4.98 Å². The molecule has 7 nitrogen and oxygen atoms in total. The minimum atomic E-state index is -0.170. The minimum absolute atomic E-state index is 0.170. The van der Waals surface area contributed by atoms with Crippen LogP contribution >= 0.6 is 0 Å². The van der Waals surface area contributed by atoms with E-state index in [1.54, 1.807) is 25.4 Å². The van der Waals surface area contributed by atoms with Crippen molar-refractivity contribution in [1.29, 1.82) is 0 Å². The largest absolute Gasteiger partial charge is 0.493 e. The van der Waals surface area contributed by atoms with E-state index in [-0.39, 0.29) is 5.91 Å². The molecule has 7 heteroatoms. The summed E-state index contributed by atoms with van der Waals surface area (Å²) in [6.45, 7) is 7.23. The van der Waals surface area contributed by atoms with Crippen molar-refractivity contribution in [3.63, 3.8) is 0 Å². The van der Waals surface area contributed by atoms with Crippen LogP contribution in [0.3, 0.4) is 0 Å². The maximum absolute atomic E-state index is 12.6. The third-order valence-electron chi connectivity index (χ3n) is 5.75. The molecule has 1 N–H and O–H groups in total. The zero-order valence-corrected chi connectivity index (χ0v) is 19.4. The second-order valence-electron chi connectivity index (χ2n) is 8.37. The summed E-state index contributed by atoms with van der Waals surface area (Å²) in [5, 5.41) is 2.89. The molecule has 3 aromatic rings. The topological polar surface area (TPSA) is 66.9 Å². The molecule has 0 radical (unpaired) electrons. The SMILES string of the molecule is COc1cc(C)ccc1Oc1ccc(NC(=O)c2ccc(CN3CCN(C)CC3)cc2)cn1. The van der Waals surface area contributed by atoms with Gasteiger partial charge in [-0.05, 0) is 55.4 Å². The Balaban J connectivity index is 1.33. The van der Waals surface area contributed by atoms with E-state index in [1.807, 2.05) is 49.4 Å². The quantitative estimate of drug-likeness (QED) is 0.587. The van der Waals surface area contributed by atoms with Crippen LogP contribution in [0.5, 0.6) is 17.4 Å². The summed E-state index contributed by atoms with van der Waals surface area (Å²) in [6.07, 6.45) is 1.58. The number of rotatable bonds is 7.